The van der Waals surface area contributed by atoms with Crippen molar-refractivity contribution in [1.29, 1.82) is 0 Å². The van der Waals surface area contributed by atoms with Crippen molar-refractivity contribution in [2.24, 2.45) is 0 Å². The predicted octanol–water partition coefficient (Wildman–Crippen LogP) is 3.05. The fraction of sp³-hybridized carbons (Fsp3) is 0.600. The van der Waals surface area contributed by atoms with Gasteiger partial charge in [0, 0.05) is 24.2 Å². The van der Waals surface area contributed by atoms with Crippen LogP contribution in [0.5, 0.6) is 0 Å². The molecule has 120 valence electrons. The van der Waals surface area contributed by atoms with Crippen LogP contribution in [0.25, 0.3) is 0 Å². The standard InChI is InChI=1S/C15H25ClN2O2S/c1-4-15(13-8-6-9-14(16)12-13)17-10-7-11-18(5-2)21(3,19)20/h6,8-9,12,15,17H,4-5,7,10-11H2,1-3H3. The summed E-state index contributed by atoms with van der Waals surface area (Å²) in [6.07, 6.45) is 3.01. The summed E-state index contributed by atoms with van der Waals surface area (Å²) in [5, 5.41) is 4.20. The molecule has 0 heterocycles. The van der Waals surface area contributed by atoms with Crippen molar-refractivity contribution in [2.75, 3.05) is 25.9 Å². The molecular weight excluding hydrogens is 308 g/mol. The normalized spacial score (nSPS) is 13.6. The van der Waals surface area contributed by atoms with E-state index in [9.17, 15) is 8.42 Å². The molecule has 1 N–H and O–H groups in total. The van der Waals surface area contributed by atoms with Crippen LogP contribution in [0.3, 0.4) is 0 Å². The number of hydrogen-bond donors (Lipinski definition) is 1. The second-order valence-corrected chi connectivity index (χ2v) is 7.50. The highest BCUT2D eigenvalue weighted by Crippen LogP contribution is 2.20. The Kier molecular flexibility index (Phi) is 7.66. The maximum Gasteiger partial charge on any atom is 0.211 e. The summed E-state index contributed by atoms with van der Waals surface area (Å²) in [6, 6.07) is 8.09. The second kappa shape index (κ2) is 8.73. The van der Waals surface area contributed by atoms with Gasteiger partial charge in [-0.05, 0) is 37.1 Å². The number of sulfonamides is 1. The second-order valence-electron chi connectivity index (χ2n) is 5.08. The molecule has 21 heavy (non-hydrogen) atoms. The van der Waals surface area contributed by atoms with Crippen LogP contribution in [0.15, 0.2) is 24.3 Å². The SMILES string of the molecule is CCC(NCCCN(CC)S(C)(=O)=O)c1cccc(Cl)c1. The molecule has 1 atom stereocenters. The molecular formula is C15H25ClN2O2S. The molecule has 0 aliphatic carbocycles. The Balaban J connectivity index is 2.46. The van der Waals surface area contributed by atoms with Gasteiger partial charge in [0.25, 0.3) is 0 Å². The van der Waals surface area contributed by atoms with E-state index in [4.69, 9.17) is 11.6 Å². The minimum atomic E-state index is -3.09. The van der Waals surface area contributed by atoms with Gasteiger partial charge in [-0.15, -0.1) is 0 Å². The lowest BCUT2D eigenvalue weighted by atomic mass is 10.0. The van der Waals surface area contributed by atoms with Gasteiger partial charge in [0.2, 0.25) is 10.0 Å². The topological polar surface area (TPSA) is 49.4 Å². The van der Waals surface area contributed by atoms with Crippen LogP contribution >= 0.6 is 11.6 Å². The van der Waals surface area contributed by atoms with Gasteiger partial charge in [-0.1, -0.05) is 37.6 Å². The van der Waals surface area contributed by atoms with Gasteiger partial charge in [-0.25, -0.2) is 12.7 Å². The lowest BCUT2D eigenvalue weighted by Gasteiger charge is -2.20. The van der Waals surface area contributed by atoms with Gasteiger partial charge in [0.05, 0.1) is 6.26 Å². The summed E-state index contributed by atoms with van der Waals surface area (Å²) in [6.45, 7) is 5.82. The molecule has 1 aromatic rings. The number of hydrogen-bond acceptors (Lipinski definition) is 3. The molecule has 0 saturated carbocycles. The highest BCUT2D eigenvalue weighted by atomic mass is 35.5. The number of benzene rings is 1. The van der Waals surface area contributed by atoms with Crippen LogP contribution in [-0.4, -0.2) is 38.6 Å². The monoisotopic (exact) mass is 332 g/mol. The third-order valence-electron chi connectivity index (χ3n) is 3.46. The zero-order valence-electron chi connectivity index (χ0n) is 13.0. The first kappa shape index (κ1) is 18.4. The molecule has 0 aromatic heterocycles. The van der Waals surface area contributed by atoms with E-state index in [1.807, 2.05) is 25.1 Å². The average Bonchev–Trinajstić information content (AvgIpc) is 2.41. The zero-order chi connectivity index (χ0) is 15.9. The molecule has 0 bridgehead atoms. The van der Waals surface area contributed by atoms with Crippen molar-refractivity contribution in [2.45, 2.75) is 32.7 Å². The van der Waals surface area contributed by atoms with Gasteiger partial charge in [-0.3, -0.25) is 0 Å². The largest absolute Gasteiger partial charge is 0.310 e. The molecule has 0 aliphatic heterocycles. The van der Waals surface area contributed by atoms with Crippen molar-refractivity contribution >= 4 is 21.6 Å². The minimum Gasteiger partial charge on any atom is -0.310 e. The van der Waals surface area contributed by atoms with Crippen molar-refractivity contribution in [3.05, 3.63) is 34.9 Å². The van der Waals surface area contributed by atoms with Crippen LogP contribution in [0.4, 0.5) is 0 Å². The summed E-state index contributed by atoms with van der Waals surface area (Å²) in [4.78, 5) is 0. The first-order valence-corrected chi connectivity index (χ1v) is 9.55. The number of nitrogens with zero attached hydrogens (tertiary/aromatic N) is 1. The average molecular weight is 333 g/mol. The van der Waals surface area contributed by atoms with Gasteiger partial charge in [-0.2, -0.15) is 0 Å². The predicted molar refractivity (Wildman–Crippen MR) is 89.2 cm³/mol. The Morgan fingerprint density at radius 1 is 1.33 bits per heavy atom. The van der Waals surface area contributed by atoms with E-state index < -0.39 is 10.0 Å². The Hall–Kier alpha value is -0.620. The summed E-state index contributed by atoms with van der Waals surface area (Å²) in [5.41, 5.74) is 1.17. The summed E-state index contributed by atoms with van der Waals surface area (Å²) < 4.78 is 24.5. The lowest BCUT2D eigenvalue weighted by molar-refractivity contribution is 0.409. The lowest BCUT2D eigenvalue weighted by Crippen LogP contribution is -2.33. The maximum atomic E-state index is 11.5. The quantitative estimate of drug-likeness (QED) is 0.707. The minimum absolute atomic E-state index is 0.247. The fourth-order valence-corrected chi connectivity index (χ4v) is 3.44. The van der Waals surface area contributed by atoms with Gasteiger partial charge >= 0.3 is 0 Å². The van der Waals surface area contributed by atoms with Crippen LogP contribution in [0, 0.1) is 0 Å². The van der Waals surface area contributed by atoms with E-state index in [1.54, 1.807) is 0 Å². The Morgan fingerprint density at radius 3 is 2.57 bits per heavy atom. The van der Waals surface area contributed by atoms with Gasteiger partial charge in [0.15, 0.2) is 0 Å². The molecule has 0 saturated heterocycles. The number of halogens is 1. The molecule has 0 spiro atoms. The molecule has 0 aliphatic rings. The molecule has 1 aromatic carbocycles. The van der Waals surface area contributed by atoms with E-state index in [-0.39, 0.29) is 6.04 Å². The summed E-state index contributed by atoms with van der Waals surface area (Å²) in [5.74, 6) is 0. The molecule has 0 amide bonds. The Bertz CT molecular complexity index is 534. The van der Waals surface area contributed by atoms with E-state index in [0.29, 0.717) is 13.1 Å². The van der Waals surface area contributed by atoms with Crippen molar-refractivity contribution in [1.82, 2.24) is 9.62 Å². The van der Waals surface area contributed by atoms with Gasteiger partial charge in [0.1, 0.15) is 0 Å². The summed E-state index contributed by atoms with van der Waals surface area (Å²) in [7, 11) is -3.09. The molecule has 1 rings (SSSR count). The van der Waals surface area contributed by atoms with Crippen LogP contribution in [-0.2, 0) is 10.0 Å². The van der Waals surface area contributed by atoms with Crippen molar-refractivity contribution in [3.8, 4) is 0 Å². The van der Waals surface area contributed by atoms with E-state index in [1.165, 1.54) is 16.1 Å². The molecule has 4 nitrogen and oxygen atoms in total. The van der Waals surface area contributed by atoms with E-state index in [2.05, 4.69) is 18.3 Å². The molecule has 0 fully saturated rings. The molecule has 6 heteroatoms. The highest BCUT2D eigenvalue weighted by molar-refractivity contribution is 7.88. The van der Waals surface area contributed by atoms with Crippen LogP contribution in [0.1, 0.15) is 38.3 Å². The molecule has 0 radical (unpaired) electrons. The Morgan fingerprint density at radius 2 is 2.05 bits per heavy atom. The van der Waals surface area contributed by atoms with Gasteiger partial charge < -0.3 is 5.32 Å². The molecule has 1 unspecified atom stereocenters. The third kappa shape index (κ3) is 6.34. The van der Waals surface area contributed by atoms with Crippen LogP contribution < -0.4 is 5.32 Å². The van der Waals surface area contributed by atoms with Crippen molar-refractivity contribution < 1.29 is 8.42 Å². The maximum absolute atomic E-state index is 11.5. The first-order chi connectivity index (χ1) is 9.88. The highest BCUT2D eigenvalue weighted by Gasteiger charge is 2.14. The number of rotatable bonds is 9. The fourth-order valence-electron chi connectivity index (χ4n) is 2.31. The Labute approximate surface area is 133 Å². The van der Waals surface area contributed by atoms with E-state index >= 15 is 0 Å². The number of nitrogens with one attached hydrogen (secondary N) is 1. The smallest absolute Gasteiger partial charge is 0.211 e. The van der Waals surface area contributed by atoms with Crippen LogP contribution in [0.2, 0.25) is 5.02 Å². The van der Waals surface area contributed by atoms with Crippen molar-refractivity contribution in [3.63, 3.8) is 0 Å². The zero-order valence-corrected chi connectivity index (χ0v) is 14.5. The van der Waals surface area contributed by atoms with E-state index in [0.717, 1.165) is 24.4 Å². The summed E-state index contributed by atoms with van der Waals surface area (Å²) >= 11 is 6.02. The third-order valence-corrected chi connectivity index (χ3v) is 5.07. The first-order valence-electron chi connectivity index (χ1n) is 7.32.